The summed E-state index contributed by atoms with van der Waals surface area (Å²) in [5.74, 6) is 0.555. The number of amides is 1. The van der Waals surface area contributed by atoms with E-state index in [1.807, 2.05) is 13.0 Å². The normalized spacial score (nSPS) is 19.0. The maximum Gasteiger partial charge on any atom is 0.243 e. The smallest absolute Gasteiger partial charge is 0.243 e. The Kier molecular flexibility index (Phi) is 7.67. The lowest BCUT2D eigenvalue weighted by Crippen LogP contribution is -2.48. The second kappa shape index (κ2) is 10.5. The third-order valence-electron chi connectivity index (χ3n) is 5.71. The number of carbonyl (C=O) groups is 1. The van der Waals surface area contributed by atoms with E-state index in [0.29, 0.717) is 26.3 Å². The van der Waals surface area contributed by atoms with Crippen LogP contribution < -0.4 is 5.32 Å². The molecule has 3 heterocycles. The van der Waals surface area contributed by atoms with E-state index in [1.165, 1.54) is 22.5 Å². The van der Waals surface area contributed by atoms with Crippen LogP contribution in [0.5, 0.6) is 0 Å². The molecule has 1 N–H and O–H groups in total. The molecule has 1 aromatic heterocycles. The molecule has 2 saturated heterocycles. The molecule has 12 heteroatoms. The summed E-state index contributed by atoms with van der Waals surface area (Å²) in [6.07, 6.45) is 0. The van der Waals surface area contributed by atoms with Crippen LogP contribution in [0.2, 0.25) is 5.02 Å². The largest absolute Gasteiger partial charge is 0.379 e. The number of benzene rings is 1. The predicted octanol–water partition coefficient (Wildman–Crippen LogP) is 1.41. The fraction of sp³-hybridized carbons (Fsp3) is 0.524. The van der Waals surface area contributed by atoms with E-state index in [2.05, 4.69) is 20.3 Å². The molecule has 10 nitrogen and oxygen atoms in total. The summed E-state index contributed by atoms with van der Waals surface area (Å²) < 4.78 is 37.5. The Bertz CT molecular complexity index is 1080. The van der Waals surface area contributed by atoms with Crippen molar-refractivity contribution in [2.24, 2.45) is 0 Å². The van der Waals surface area contributed by atoms with Crippen LogP contribution in [0.4, 0.5) is 5.69 Å². The molecule has 33 heavy (non-hydrogen) atoms. The number of hydrogen-bond donors (Lipinski definition) is 1. The van der Waals surface area contributed by atoms with Crippen LogP contribution in [-0.2, 0) is 26.1 Å². The predicted molar refractivity (Wildman–Crippen MR) is 123 cm³/mol. The van der Waals surface area contributed by atoms with Gasteiger partial charge < -0.3 is 14.6 Å². The minimum Gasteiger partial charge on any atom is -0.379 e. The number of halogens is 1. The number of carbonyl (C=O) groups excluding carboxylic acids is 1. The maximum atomic E-state index is 12.9. The highest BCUT2D eigenvalue weighted by Crippen LogP contribution is 2.27. The standard InChI is InChI=1S/C21H28ClN5O5S/c1-16-12-17(24-32-16)14-25-4-6-26(7-5-25)15-21(28)23-20-13-18(2-3-19(20)22)33(29,30)27-8-10-31-11-9-27/h2-3,12-13H,4-11,14-15H2,1H3,(H,23,28). The van der Waals surface area contributed by atoms with E-state index in [4.69, 9.17) is 20.9 Å². The molecule has 0 bridgehead atoms. The number of sulfonamides is 1. The third-order valence-corrected chi connectivity index (χ3v) is 7.94. The average molecular weight is 498 g/mol. The zero-order valence-corrected chi connectivity index (χ0v) is 20.1. The molecule has 0 aliphatic carbocycles. The van der Waals surface area contributed by atoms with Crippen molar-refractivity contribution in [3.05, 3.63) is 40.7 Å². The molecular weight excluding hydrogens is 470 g/mol. The molecule has 0 saturated carbocycles. The summed E-state index contributed by atoms with van der Waals surface area (Å²) in [5, 5.41) is 7.09. The first-order valence-electron chi connectivity index (χ1n) is 10.9. The van der Waals surface area contributed by atoms with Gasteiger partial charge in [0.05, 0.1) is 41.1 Å². The van der Waals surface area contributed by atoms with E-state index in [-0.39, 0.29) is 28.1 Å². The van der Waals surface area contributed by atoms with Gasteiger partial charge in [-0.1, -0.05) is 16.8 Å². The first kappa shape index (κ1) is 24.1. The zero-order chi connectivity index (χ0) is 23.4. The minimum absolute atomic E-state index is 0.0980. The van der Waals surface area contributed by atoms with E-state index in [9.17, 15) is 13.2 Å². The van der Waals surface area contributed by atoms with E-state index < -0.39 is 10.0 Å². The molecule has 0 atom stereocenters. The van der Waals surface area contributed by atoms with Crippen molar-refractivity contribution < 1.29 is 22.5 Å². The number of morpholine rings is 1. The molecule has 2 aliphatic rings. The van der Waals surface area contributed by atoms with Crippen LogP contribution in [-0.4, -0.2) is 92.6 Å². The van der Waals surface area contributed by atoms with E-state index in [1.54, 1.807) is 0 Å². The second-order valence-electron chi connectivity index (χ2n) is 8.19. The monoisotopic (exact) mass is 497 g/mol. The molecule has 1 aromatic carbocycles. The summed E-state index contributed by atoms with van der Waals surface area (Å²) in [6.45, 7) is 7.22. The first-order chi connectivity index (χ1) is 15.8. The van der Waals surface area contributed by atoms with Crippen LogP contribution in [0.15, 0.2) is 33.7 Å². The van der Waals surface area contributed by atoms with Gasteiger partial charge >= 0.3 is 0 Å². The van der Waals surface area contributed by atoms with Crippen LogP contribution in [0.25, 0.3) is 0 Å². The Hall–Kier alpha value is -2.02. The van der Waals surface area contributed by atoms with Crippen molar-refractivity contribution in [1.29, 1.82) is 0 Å². The number of hydrogen-bond acceptors (Lipinski definition) is 8. The van der Waals surface area contributed by atoms with Gasteiger partial charge in [0.15, 0.2) is 0 Å². The Morgan fingerprint density at radius 1 is 1.09 bits per heavy atom. The molecule has 0 spiro atoms. The molecule has 2 fully saturated rings. The Balaban J connectivity index is 1.32. The minimum atomic E-state index is -3.68. The van der Waals surface area contributed by atoms with E-state index >= 15 is 0 Å². The maximum absolute atomic E-state index is 12.9. The van der Waals surface area contributed by atoms with Gasteiger partial charge in [0, 0.05) is 51.9 Å². The summed E-state index contributed by atoms with van der Waals surface area (Å²) >= 11 is 6.24. The number of rotatable bonds is 7. The lowest BCUT2D eigenvalue weighted by Gasteiger charge is -2.33. The van der Waals surface area contributed by atoms with Crippen molar-refractivity contribution in [2.45, 2.75) is 18.4 Å². The van der Waals surface area contributed by atoms with Crippen molar-refractivity contribution in [2.75, 3.05) is 64.3 Å². The third kappa shape index (κ3) is 6.11. The molecule has 0 radical (unpaired) electrons. The number of ether oxygens (including phenoxy) is 1. The average Bonchev–Trinajstić information content (AvgIpc) is 3.21. The lowest BCUT2D eigenvalue weighted by molar-refractivity contribution is -0.117. The molecule has 4 rings (SSSR count). The highest BCUT2D eigenvalue weighted by Gasteiger charge is 2.27. The molecular formula is C21H28ClN5O5S. The van der Waals surface area contributed by atoms with Gasteiger partial charge in [-0.3, -0.25) is 14.6 Å². The molecule has 0 unspecified atom stereocenters. The molecule has 2 aliphatic heterocycles. The summed E-state index contributed by atoms with van der Waals surface area (Å²) in [7, 11) is -3.68. The molecule has 1 amide bonds. The van der Waals surface area contributed by atoms with Crippen LogP contribution in [0.3, 0.4) is 0 Å². The van der Waals surface area contributed by atoms with Gasteiger partial charge in [0.25, 0.3) is 0 Å². The zero-order valence-electron chi connectivity index (χ0n) is 18.5. The fourth-order valence-corrected chi connectivity index (χ4v) is 5.52. The Morgan fingerprint density at radius 3 is 2.45 bits per heavy atom. The number of anilines is 1. The van der Waals surface area contributed by atoms with Crippen LogP contribution >= 0.6 is 11.6 Å². The number of aryl methyl sites for hydroxylation is 1. The van der Waals surface area contributed by atoms with Gasteiger partial charge in [-0.15, -0.1) is 0 Å². The SMILES string of the molecule is Cc1cc(CN2CCN(CC(=O)Nc3cc(S(=O)(=O)N4CCOCC4)ccc3Cl)CC2)no1. The van der Waals surface area contributed by atoms with Crippen LogP contribution in [0.1, 0.15) is 11.5 Å². The summed E-state index contributed by atoms with van der Waals surface area (Å²) in [6, 6.07) is 6.30. The lowest BCUT2D eigenvalue weighted by atomic mass is 10.2. The fourth-order valence-electron chi connectivity index (χ4n) is 3.92. The van der Waals surface area contributed by atoms with Crippen molar-refractivity contribution >= 4 is 33.2 Å². The van der Waals surface area contributed by atoms with Gasteiger partial charge in [0.1, 0.15) is 5.76 Å². The summed E-state index contributed by atoms with van der Waals surface area (Å²) in [5.41, 5.74) is 1.19. The number of nitrogens with zero attached hydrogens (tertiary/aromatic N) is 4. The van der Waals surface area contributed by atoms with Crippen molar-refractivity contribution in [3.8, 4) is 0 Å². The molecule has 2 aromatic rings. The van der Waals surface area contributed by atoms with Crippen molar-refractivity contribution in [1.82, 2.24) is 19.3 Å². The Labute approximate surface area is 198 Å². The quantitative estimate of drug-likeness (QED) is 0.611. The van der Waals surface area contributed by atoms with Crippen LogP contribution in [0, 0.1) is 6.92 Å². The number of aromatic nitrogens is 1. The first-order valence-corrected chi connectivity index (χ1v) is 12.7. The number of nitrogens with one attached hydrogen (secondary N) is 1. The highest BCUT2D eigenvalue weighted by molar-refractivity contribution is 7.89. The van der Waals surface area contributed by atoms with Gasteiger partial charge in [-0.05, 0) is 25.1 Å². The summed E-state index contributed by atoms with van der Waals surface area (Å²) in [4.78, 5) is 17.1. The van der Waals surface area contributed by atoms with Crippen molar-refractivity contribution in [3.63, 3.8) is 0 Å². The van der Waals surface area contributed by atoms with Gasteiger partial charge in [0.2, 0.25) is 15.9 Å². The highest BCUT2D eigenvalue weighted by atomic mass is 35.5. The second-order valence-corrected chi connectivity index (χ2v) is 10.5. The molecule has 180 valence electrons. The Morgan fingerprint density at radius 2 is 1.79 bits per heavy atom. The van der Waals surface area contributed by atoms with Gasteiger partial charge in [-0.25, -0.2) is 8.42 Å². The number of piperazine rings is 1. The topological polar surface area (TPSA) is 108 Å². The van der Waals surface area contributed by atoms with Gasteiger partial charge in [-0.2, -0.15) is 4.31 Å². The van der Waals surface area contributed by atoms with E-state index in [0.717, 1.165) is 44.2 Å².